The number of aromatic hydroxyl groups is 1. The van der Waals surface area contributed by atoms with Crippen LogP contribution in [0.4, 0.5) is 15.8 Å². The van der Waals surface area contributed by atoms with Crippen LogP contribution in [0, 0.1) is 22.9 Å². The maximum absolute atomic E-state index is 13.4. The summed E-state index contributed by atoms with van der Waals surface area (Å²) < 4.78 is 20.0. The Labute approximate surface area is 177 Å². The van der Waals surface area contributed by atoms with Crippen LogP contribution in [-0.2, 0) is 6.73 Å². The number of aryl methyl sites for hydroxylation is 1. The van der Waals surface area contributed by atoms with Crippen molar-refractivity contribution >= 4 is 17.3 Å². The molecule has 3 rings (SSSR count). The number of nitro groups is 1. The van der Waals surface area contributed by atoms with Gasteiger partial charge in [-0.3, -0.25) is 14.9 Å². The van der Waals surface area contributed by atoms with Crippen LogP contribution >= 0.6 is 0 Å². The normalized spacial score (nSPS) is 10.9. The number of aromatic nitrogens is 2. The molecule has 0 radical (unpaired) electrons. The highest BCUT2D eigenvalue weighted by molar-refractivity contribution is 6.03. The predicted molar refractivity (Wildman–Crippen MR) is 111 cm³/mol. The Balaban J connectivity index is 1.72. The summed E-state index contributed by atoms with van der Waals surface area (Å²) in [5, 5.41) is 27.9. The smallest absolute Gasteiger partial charge is 0.311 e. The number of halogens is 1. The van der Waals surface area contributed by atoms with Gasteiger partial charge in [-0.15, -0.1) is 0 Å². The third-order valence-corrected chi connectivity index (χ3v) is 4.59. The molecule has 0 aliphatic heterocycles. The highest BCUT2D eigenvalue weighted by atomic mass is 19.1. The van der Waals surface area contributed by atoms with Crippen LogP contribution in [0.25, 0.3) is 0 Å². The zero-order chi connectivity index (χ0) is 22.7. The summed E-state index contributed by atoms with van der Waals surface area (Å²) in [6.45, 7) is 5.37. The van der Waals surface area contributed by atoms with Gasteiger partial charge in [0.1, 0.15) is 11.6 Å². The molecule has 2 N–H and O–H groups in total. The third kappa shape index (κ3) is 4.97. The van der Waals surface area contributed by atoms with Gasteiger partial charge in [-0.1, -0.05) is 13.8 Å². The molecule has 31 heavy (non-hydrogen) atoms. The lowest BCUT2D eigenvalue weighted by Crippen LogP contribution is -2.15. The minimum absolute atomic E-state index is 0.0690. The number of rotatable bonds is 7. The number of hydrogen-bond acceptors (Lipinski definition) is 6. The van der Waals surface area contributed by atoms with Gasteiger partial charge < -0.3 is 15.2 Å². The minimum atomic E-state index is -0.678. The summed E-state index contributed by atoms with van der Waals surface area (Å²) in [5.41, 5.74) is 1.66. The lowest BCUT2D eigenvalue weighted by molar-refractivity contribution is -0.386. The van der Waals surface area contributed by atoms with E-state index in [0.29, 0.717) is 16.8 Å². The molecule has 9 nitrogen and oxygen atoms in total. The van der Waals surface area contributed by atoms with Crippen LogP contribution in [0.1, 0.15) is 41.4 Å². The van der Waals surface area contributed by atoms with E-state index < -0.39 is 16.6 Å². The highest BCUT2D eigenvalue weighted by Crippen LogP contribution is 2.31. The molecular weight excluding hydrogens is 407 g/mol. The summed E-state index contributed by atoms with van der Waals surface area (Å²) in [4.78, 5) is 22.9. The van der Waals surface area contributed by atoms with Crippen LogP contribution in [0.5, 0.6) is 11.5 Å². The number of nitro benzene ring substituents is 1. The molecule has 0 aliphatic rings. The molecule has 0 spiro atoms. The third-order valence-electron chi connectivity index (χ3n) is 4.59. The first-order valence-corrected chi connectivity index (χ1v) is 9.40. The second kappa shape index (κ2) is 8.82. The second-order valence-corrected chi connectivity index (χ2v) is 7.22. The van der Waals surface area contributed by atoms with Crippen molar-refractivity contribution in [2.75, 3.05) is 5.32 Å². The molecule has 1 aromatic heterocycles. The second-order valence-electron chi connectivity index (χ2n) is 7.22. The number of nitrogens with zero attached hydrogens (tertiary/aromatic N) is 3. The van der Waals surface area contributed by atoms with Crippen molar-refractivity contribution in [3.05, 3.63) is 75.3 Å². The van der Waals surface area contributed by atoms with Gasteiger partial charge in [-0.25, -0.2) is 9.07 Å². The molecule has 162 valence electrons. The molecule has 0 atom stereocenters. The lowest BCUT2D eigenvalue weighted by atomic mass is 9.99. The summed E-state index contributed by atoms with van der Waals surface area (Å²) in [5.74, 6) is -1.16. The van der Waals surface area contributed by atoms with Crippen LogP contribution in [0.15, 0.2) is 42.6 Å². The fourth-order valence-corrected chi connectivity index (χ4v) is 2.94. The van der Waals surface area contributed by atoms with Crippen molar-refractivity contribution in [2.45, 2.75) is 33.4 Å². The first-order chi connectivity index (χ1) is 14.7. The average Bonchev–Trinajstić information content (AvgIpc) is 3.17. The van der Waals surface area contributed by atoms with Crippen molar-refractivity contribution in [1.82, 2.24) is 9.78 Å². The first kappa shape index (κ1) is 21.8. The minimum Gasteiger partial charge on any atom is -0.508 e. The van der Waals surface area contributed by atoms with E-state index >= 15 is 0 Å². The van der Waals surface area contributed by atoms with E-state index in [2.05, 4.69) is 10.4 Å². The van der Waals surface area contributed by atoms with Crippen molar-refractivity contribution in [3.63, 3.8) is 0 Å². The van der Waals surface area contributed by atoms with Crippen molar-refractivity contribution in [2.24, 2.45) is 0 Å². The van der Waals surface area contributed by atoms with E-state index in [1.807, 2.05) is 13.8 Å². The summed E-state index contributed by atoms with van der Waals surface area (Å²) in [7, 11) is 0. The maximum atomic E-state index is 13.4. The number of carbonyl (C=O) groups is 1. The molecule has 3 aromatic rings. The first-order valence-electron chi connectivity index (χ1n) is 9.40. The Morgan fingerprint density at radius 1 is 1.32 bits per heavy atom. The van der Waals surface area contributed by atoms with Gasteiger partial charge in [0.25, 0.3) is 5.91 Å². The van der Waals surface area contributed by atoms with Gasteiger partial charge in [-0.05, 0) is 48.2 Å². The SMILES string of the molecule is Cc1cc(O)c(C(C)C)cc1NC(=O)c1ccn(COc2cc(F)ccc2[N+](=O)[O-])n1. The topological polar surface area (TPSA) is 120 Å². The highest BCUT2D eigenvalue weighted by Gasteiger charge is 2.17. The Hall–Kier alpha value is -3.95. The molecule has 1 heterocycles. The Morgan fingerprint density at radius 2 is 2.06 bits per heavy atom. The zero-order valence-corrected chi connectivity index (χ0v) is 17.1. The number of amides is 1. The molecular formula is C21H21FN4O5. The standard InChI is InChI=1S/C21H21FN4O5/c1-12(2)15-10-17(13(3)8-19(15)27)23-21(28)16-6-7-25(24-16)11-31-20-9-14(22)4-5-18(20)26(29)30/h4-10,12,27H,11H2,1-3H3,(H,23,28). The number of anilines is 1. The Morgan fingerprint density at radius 3 is 2.74 bits per heavy atom. The molecule has 0 saturated carbocycles. The fourth-order valence-electron chi connectivity index (χ4n) is 2.94. The van der Waals surface area contributed by atoms with E-state index in [4.69, 9.17) is 4.74 Å². The quantitative estimate of drug-likeness (QED) is 0.328. The van der Waals surface area contributed by atoms with Crippen LogP contribution in [0.3, 0.4) is 0 Å². The van der Waals surface area contributed by atoms with Crippen LogP contribution in [-0.4, -0.2) is 25.7 Å². The molecule has 1 amide bonds. The number of nitrogens with one attached hydrogen (secondary N) is 1. The van der Waals surface area contributed by atoms with Gasteiger partial charge in [0, 0.05) is 24.0 Å². The molecule has 0 saturated heterocycles. The zero-order valence-electron chi connectivity index (χ0n) is 17.1. The van der Waals surface area contributed by atoms with E-state index in [-0.39, 0.29) is 35.5 Å². The van der Waals surface area contributed by atoms with Crippen molar-refractivity contribution in [1.29, 1.82) is 0 Å². The largest absolute Gasteiger partial charge is 0.508 e. The number of carbonyl (C=O) groups excluding carboxylic acids is 1. The van der Waals surface area contributed by atoms with Gasteiger partial charge >= 0.3 is 5.69 Å². The van der Waals surface area contributed by atoms with E-state index in [1.165, 1.54) is 16.9 Å². The van der Waals surface area contributed by atoms with Crippen LogP contribution < -0.4 is 10.1 Å². The number of hydrogen-bond donors (Lipinski definition) is 2. The average molecular weight is 428 g/mol. The molecule has 0 fully saturated rings. The lowest BCUT2D eigenvalue weighted by Gasteiger charge is -2.14. The monoisotopic (exact) mass is 428 g/mol. The van der Waals surface area contributed by atoms with E-state index in [0.717, 1.165) is 18.2 Å². The molecule has 10 heteroatoms. The number of benzene rings is 2. The van der Waals surface area contributed by atoms with Crippen LogP contribution in [0.2, 0.25) is 0 Å². The number of phenolic OH excluding ortho intramolecular Hbond substituents is 1. The van der Waals surface area contributed by atoms with Gasteiger partial charge in [0.2, 0.25) is 5.75 Å². The molecule has 0 unspecified atom stereocenters. The van der Waals surface area contributed by atoms with Gasteiger partial charge in [0.05, 0.1) is 4.92 Å². The van der Waals surface area contributed by atoms with E-state index in [9.17, 15) is 24.4 Å². The van der Waals surface area contributed by atoms with Crippen molar-refractivity contribution in [3.8, 4) is 11.5 Å². The van der Waals surface area contributed by atoms with Crippen molar-refractivity contribution < 1.29 is 24.0 Å². The Kier molecular flexibility index (Phi) is 6.19. The Bertz CT molecular complexity index is 1140. The van der Waals surface area contributed by atoms with E-state index in [1.54, 1.807) is 19.1 Å². The fraction of sp³-hybridized carbons (Fsp3) is 0.238. The summed E-state index contributed by atoms with van der Waals surface area (Å²) in [6.07, 6.45) is 1.46. The molecule has 0 aliphatic carbocycles. The van der Waals surface area contributed by atoms with Gasteiger partial charge in [0.15, 0.2) is 12.4 Å². The summed E-state index contributed by atoms with van der Waals surface area (Å²) in [6, 6.07) is 7.65. The number of phenols is 1. The summed E-state index contributed by atoms with van der Waals surface area (Å²) >= 11 is 0. The predicted octanol–water partition coefficient (Wildman–Crippen LogP) is 4.36. The number of ether oxygens (including phenoxy) is 1. The maximum Gasteiger partial charge on any atom is 0.311 e. The molecule has 0 bridgehead atoms. The molecule has 2 aromatic carbocycles. The van der Waals surface area contributed by atoms with Gasteiger partial charge in [-0.2, -0.15) is 5.10 Å².